The van der Waals surface area contributed by atoms with Gasteiger partial charge in [0.1, 0.15) is 12.4 Å². The summed E-state index contributed by atoms with van der Waals surface area (Å²) in [6.45, 7) is 2.50. The molecule has 2 aliphatic rings. The topological polar surface area (TPSA) is 56.8 Å². The Morgan fingerprint density at radius 2 is 1.86 bits per heavy atom. The fourth-order valence-corrected chi connectivity index (χ4v) is 3.25. The van der Waals surface area contributed by atoms with Gasteiger partial charge in [-0.25, -0.2) is 0 Å². The molecular weight excluding hydrogens is 282 g/mol. The van der Waals surface area contributed by atoms with Crippen LogP contribution in [0.25, 0.3) is 0 Å². The maximum absolute atomic E-state index is 12.7. The SMILES string of the molecule is COCCOc1ccc(C(=O)C2CC3COCC(C2)N3)cc1. The Hall–Kier alpha value is -1.43. The molecule has 0 radical (unpaired) electrons. The minimum absolute atomic E-state index is 0.0976. The minimum Gasteiger partial charge on any atom is -0.491 e. The summed E-state index contributed by atoms with van der Waals surface area (Å²) in [7, 11) is 1.64. The van der Waals surface area contributed by atoms with Crippen molar-refractivity contribution in [2.24, 2.45) is 5.92 Å². The molecule has 2 bridgehead atoms. The summed E-state index contributed by atoms with van der Waals surface area (Å²) in [4.78, 5) is 12.7. The number of methoxy groups -OCH3 is 1. The van der Waals surface area contributed by atoms with Crippen LogP contribution in [-0.4, -0.2) is 51.4 Å². The third-order valence-electron chi connectivity index (χ3n) is 4.31. The van der Waals surface area contributed by atoms with Gasteiger partial charge in [-0.3, -0.25) is 4.79 Å². The number of morpholine rings is 1. The van der Waals surface area contributed by atoms with Crippen LogP contribution in [0.1, 0.15) is 23.2 Å². The quantitative estimate of drug-likeness (QED) is 0.640. The number of ketones is 1. The van der Waals surface area contributed by atoms with E-state index in [0.717, 1.165) is 24.2 Å². The van der Waals surface area contributed by atoms with Gasteiger partial charge in [-0.05, 0) is 37.1 Å². The first kappa shape index (κ1) is 15.5. The lowest BCUT2D eigenvalue weighted by Gasteiger charge is -2.39. The summed E-state index contributed by atoms with van der Waals surface area (Å²) in [6.07, 6.45) is 1.73. The first-order valence-corrected chi connectivity index (χ1v) is 7.86. The molecule has 0 spiro atoms. The largest absolute Gasteiger partial charge is 0.491 e. The molecule has 2 heterocycles. The van der Waals surface area contributed by atoms with E-state index in [1.807, 2.05) is 24.3 Å². The van der Waals surface area contributed by atoms with Crippen LogP contribution in [0.5, 0.6) is 5.75 Å². The van der Waals surface area contributed by atoms with Crippen LogP contribution in [-0.2, 0) is 9.47 Å². The van der Waals surface area contributed by atoms with Crippen molar-refractivity contribution in [1.82, 2.24) is 5.32 Å². The van der Waals surface area contributed by atoms with Crippen LogP contribution < -0.4 is 10.1 Å². The molecule has 2 unspecified atom stereocenters. The van der Waals surface area contributed by atoms with Gasteiger partial charge in [-0.15, -0.1) is 0 Å². The molecule has 5 nitrogen and oxygen atoms in total. The molecule has 1 aromatic rings. The van der Waals surface area contributed by atoms with Gasteiger partial charge in [0.05, 0.1) is 19.8 Å². The van der Waals surface area contributed by atoms with E-state index >= 15 is 0 Å². The maximum atomic E-state index is 12.7. The van der Waals surface area contributed by atoms with Crippen molar-refractivity contribution in [3.63, 3.8) is 0 Å². The van der Waals surface area contributed by atoms with E-state index in [4.69, 9.17) is 14.2 Å². The minimum atomic E-state index is 0.0976. The van der Waals surface area contributed by atoms with Crippen LogP contribution >= 0.6 is 0 Å². The Morgan fingerprint density at radius 1 is 1.18 bits per heavy atom. The van der Waals surface area contributed by atoms with E-state index in [1.165, 1.54) is 0 Å². The van der Waals surface area contributed by atoms with Crippen LogP contribution in [0.2, 0.25) is 0 Å². The third-order valence-corrected chi connectivity index (χ3v) is 4.31. The molecular formula is C17H23NO4. The van der Waals surface area contributed by atoms with E-state index in [-0.39, 0.29) is 11.7 Å². The molecule has 1 aromatic carbocycles. The van der Waals surface area contributed by atoms with Crippen molar-refractivity contribution in [3.8, 4) is 5.75 Å². The van der Waals surface area contributed by atoms with E-state index < -0.39 is 0 Å². The smallest absolute Gasteiger partial charge is 0.166 e. The molecule has 0 amide bonds. The average Bonchev–Trinajstić information content (AvgIpc) is 2.55. The van der Waals surface area contributed by atoms with Crippen molar-refractivity contribution in [2.75, 3.05) is 33.5 Å². The highest BCUT2D eigenvalue weighted by molar-refractivity contribution is 5.98. The van der Waals surface area contributed by atoms with E-state index in [0.29, 0.717) is 38.5 Å². The molecule has 3 rings (SSSR count). The number of hydrogen-bond donors (Lipinski definition) is 1. The number of fused-ring (bicyclic) bond motifs is 2. The maximum Gasteiger partial charge on any atom is 0.166 e. The van der Waals surface area contributed by atoms with E-state index in [2.05, 4.69) is 5.32 Å². The molecule has 22 heavy (non-hydrogen) atoms. The second kappa shape index (κ2) is 7.22. The number of Topliss-reactive ketones (excluding diaryl/α,β-unsaturated/α-hetero) is 1. The summed E-state index contributed by atoms with van der Waals surface area (Å²) in [5, 5.41) is 3.52. The highest BCUT2D eigenvalue weighted by atomic mass is 16.5. The molecule has 0 aliphatic carbocycles. The Morgan fingerprint density at radius 3 is 2.50 bits per heavy atom. The second-order valence-corrected chi connectivity index (χ2v) is 6.00. The fraction of sp³-hybridized carbons (Fsp3) is 0.588. The Balaban J connectivity index is 1.60. The normalized spacial score (nSPS) is 27.4. The lowest BCUT2D eigenvalue weighted by atomic mass is 9.82. The lowest BCUT2D eigenvalue weighted by Crippen LogP contribution is -2.55. The summed E-state index contributed by atoms with van der Waals surface area (Å²) in [6, 6.07) is 8.07. The number of nitrogens with one attached hydrogen (secondary N) is 1. The summed E-state index contributed by atoms with van der Waals surface area (Å²) in [5.41, 5.74) is 0.769. The summed E-state index contributed by atoms with van der Waals surface area (Å²) < 4.78 is 16.0. The van der Waals surface area contributed by atoms with Gasteiger partial charge in [0.25, 0.3) is 0 Å². The highest BCUT2D eigenvalue weighted by Crippen LogP contribution is 2.27. The zero-order chi connectivity index (χ0) is 15.4. The van der Waals surface area contributed by atoms with Gasteiger partial charge >= 0.3 is 0 Å². The monoisotopic (exact) mass is 305 g/mol. The van der Waals surface area contributed by atoms with E-state index in [9.17, 15) is 4.79 Å². The number of ether oxygens (including phenoxy) is 3. The molecule has 5 heteroatoms. The first-order valence-electron chi connectivity index (χ1n) is 7.86. The number of carbonyl (C=O) groups is 1. The van der Waals surface area contributed by atoms with Crippen LogP contribution in [0.3, 0.4) is 0 Å². The standard InChI is InChI=1S/C17H23NO4/c1-20-6-7-22-16-4-2-12(3-5-16)17(19)13-8-14-10-21-11-15(9-13)18-14/h2-5,13-15,18H,6-11H2,1H3. The highest BCUT2D eigenvalue weighted by Gasteiger charge is 2.35. The van der Waals surface area contributed by atoms with Crippen molar-refractivity contribution >= 4 is 5.78 Å². The van der Waals surface area contributed by atoms with Gasteiger partial charge < -0.3 is 19.5 Å². The van der Waals surface area contributed by atoms with E-state index in [1.54, 1.807) is 7.11 Å². The Kier molecular flexibility index (Phi) is 5.08. The molecule has 2 fully saturated rings. The Labute approximate surface area is 130 Å². The molecule has 2 aliphatic heterocycles. The van der Waals surface area contributed by atoms with Crippen molar-refractivity contribution in [3.05, 3.63) is 29.8 Å². The van der Waals surface area contributed by atoms with Gasteiger partial charge in [-0.2, -0.15) is 0 Å². The number of hydrogen-bond acceptors (Lipinski definition) is 5. The molecule has 2 atom stereocenters. The predicted octanol–water partition coefficient (Wildman–Crippen LogP) is 1.66. The summed E-state index contributed by atoms with van der Waals surface area (Å²) in [5.74, 6) is 1.10. The zero-order valence-electron chi connectivity index (χ0n) is 12.9. The van der Waals surface area contributed by atoms with Crippen LogP contribution in [0.4, 0.5) is 0 Å². The van der Waals surface area contributed by atoms with Gasteiger partial charge in [0.2, 0.25) is 0 Å². The van der Waals surface area contributed by atoms with Gasteiger partial charge in [-0.1, -0.05) is 0 Å². The molecule has 1 N–H and O–H groups in total. The van der Waals surface area contributed by atoms with Crippen LogP contribution in [0, 0.1) is 5.92 Å². The second-order valence-electron chi connectivity index (χ2n) is 6.00. The number of benzene rings is 1. The number of carbonyl (C=O) groups excluding carboxylic acids is 1. The third kappa shape index (κ3) is 3.66. The molecule has 0 saturated carbocycles. The van der Waals surface area contributed by atoms with Crippen molar-refractivity contribution in [2.45, 2.75) is 24.9 Å². The molecule has 2 saturated heterocycles. The predicted molar refractivity (Wildman–Crippen MR) is 82.4 cm³/mol. The van der Waals surface area contributed by atoms with Crippen LogP contribution in [0.15, 0.2) is 24.3 Å². The fourth-order valence-electron chi connectivity index (χ4n) is 3.25. The molecule has 0 aromatic heterocycles. The summed E-state index contributed by atoms with van der Waals surface area (Å²) >= 11 is 0. The average molecular weight is 305 g/mol. The number of rotatable bonds is 6. The zero-order valence-corrected chi connectivity index (χ0v) is 12.9. The van der Waals surface area contributed by atoms with Crippen molar-refractivity contribution < 1.29 is 19.0 Å². The Bertz CT molecular complexity index is 490. The van der Waals surface area contributed by atoms with Gasteiger partial charge in [0, 0.05) is 30.7 Å². The molecule has 120 valence electrons. The first-order chi connectivity index (χ1) is 10.8. The lowest BCUT2D eigenvalue weighted by molar-refractivity contribution is 0.00953. The number of piperidine rings is 1. The van der Waals surface area contributed by atoms with Crippen molar-refractivity contribution in [1.29, 1.82) is 0 Å². The van der Waals surface area contributed by atoms with Gasteiger partial charge in [0.15, 0.2) is 5.78 Å².